The second-order valence-electron chi connectivity index (χ2n) is 6.05. The van der Waals surface area contributed by atoms with E-state index in [0.29, 0.717) is 0 Å². The third-order valence-corrected chi connectivity index (χ3v) is 4.87. The Bertz CT molecular complexity index is 442. The summed E-state index contributed by atoms with van der Waals surface area (Å²) in [6.45, 7) is 9.36. The summed E-state index contributed by atoms with van der Waals surface area (Å²) >= 11 is 4.59. The third kappa shape index (κ3) is 4.63. The maximum Gasteiger partial charge on any atom is 0.0407 e. The molecule has 1 fully saturated rings. The largest absolute Gasteiger partial charge is 0.374 e. The van der Waals surface area contributed by atoms with Crippen molar-refractivity contribution in [3.8, 4) is 0 Å². The first-order valence-corrected chi connectivity index (χ1v) is 8.49. The molecule has 0 saturated carbocycles. The fraction of sp³-hybridized carbons (Fsp3) is 0.647. The van der Waals surface area contributed by atoms with Crippen molar-refractivity contribution in [2.24, 2.45) is 0 Å². The van der Waals surface area contributed by atoms with Gasteiger partial charge in [0.05, 0.1) is 0 Å². The predicted molar refractivity (Wildman–Crippen MR) is 94.9 cm³/mol. The summed E-state index contributed by atoms with van der Waals surface area (Å²) < 4.78 is 0. The Morgan fingerprint density at radius 3 is 2.57 bits per heavy atom. The van der Waals surface area contributed by atoms with Gasteiger partial charge in [-0.15, -0.1) is 12.6 Å². The van der Waals surface area contributed by atoms with Crippen LogP contribution in [0.25, 0.3) is 0 Å². The molecule has 0 bridgehead atoms. The van der Waals surface area contributed by atoms with E-state index in [4.69, 9.17) is 0 Å². The molecule has 0 spiro atoms. The van der Waals surface area contributed by atoms with Gasteiger partial charge in [-0.2, -0.15) is 0 Å². The number of benzene rings is 1. The van der Waals surface area contributed by atoms with Crippen LogP contribution in [0, 0.1) is 0 Å². The molecule has 1 aliphatic heterocycles. The van der Waals surface area contributed by atoms with E-state index in [2.05, 4.69) is 66.5 Å². The number of likely N-dealkylation sites (N-methyl/N-ethyl adjacent to an activating group) is 1. The zero-order valence-electron chi connectivity index (χ0n) is 13.7. The molecule has 1 aromatic carbocycles. The van der Waals surface area contributed by atoms with Crippen LogP contribution >= 0.6 is 12.6 Å². The number of rotatable bonds is 6. The van der Waals surface area contributed by atoms with E-state index in [0.717, 1.165) is 17.9 Å². The summed E-state index contributed by atoms with van der Waals surface area (Å²) in [6.07, 6.45) is 2.26. The van der Waals surface area contributed by atoms with Crippen LogP contribution in [-0.4, -0.2) is 63.2 Å². The highest BCUT2D eigenvalue weighted by molar-refractivity contribution is 7.80. The number of hydrogen-bond donors (Lipinski definition) is 1. The summed E-state index contributed by atoms with van der Waals surface area (Å²) in [5, 5.41) is 0. The minimum absolute atomic E-state index is 1.04. The van der Waals surface area contributed by atoms with Crippen molar-refractivity contribution in [3.63, 3.8) is 0 Å². The van der Waals surface area contributed by atoms with Gasteiger partial charge in [0.1, 0.15) is 0 Å². The standard InChI is InChI=1S/C17H29N3S/c1-4-15-16(7-5-8-17(15)21)19(3)9-6-10-20-13-11-18(2)12-14-20/h5,7-8,21H,4,6,9-14H2,1-3H3. The van der Waals surface area contributed by atoms with E-state index in [1.54, 1.807) is 0 Å². The molecule has 0 unspecified atom stereocenters. The lowest BCUT2D eigenvalue weighted by molar-refractivity contribution is 0.153. The van der Waals surface area contributed by atoms with Gasteiger partial charge in [-0.1, -0.05) is 13.0 Å². The summed E-state index contributed by atoms with van der Waals surface area (Å²) in [7, 11) is 4.41. The molecule has 0 radical (unpaired) electrons. The van der Waals surface area contributed by atoms with Gasteiger partial charge >= 0.3 is 0 Å². The van der Waals surface area contributed by atoms with Crippen molar-refractivity contribution in [3.05, 3.63) is 23.8 Å². The van der Waals surface area contributed by atoms with E-state index in [1.165, 1.54) is 50.4 Å². The molecule has 1 aromatic rings. The highest BCUT2D eigenvalue weighted by atomic mass is 32.1. The molecule has 0 atom stereocenters. The van der Waals surface area contributed by atoms with Crippen LogP contribution < -0.4 is 4.90 Å². The van der Waals surface area contributed by atoms with Gasteiger partial charge in [0.15, 0.2) is 0 Å². The summed E-state index contributed by atoms with van der Waals surface area (Å²) in [6, 6.07) is 6.41. The van der Waals surface area contributed by atoms with E-state index in [-0.39, 0.29) is 0 Å². The fourth-order valence-electron chi connectivity index (χ4n) is 3.01. The maximum absolute atomic E-state index is 4.59. The number of hydrogen-bond acceptors (Lipinski definition) is 4. The summed E-state index contributed by atoms with van der Waals surface area (Å²) in [5.74, 6) is 0. The van der Waals surface area contributed by atoms with E-state index in [9.17, 15) is 0 Å². The number of nitrogens with zero attached hydrogens (tertiary/aromatic N) is 3. The quantitative estimate of drug-likeness (QED) is 0.810. The van der Waals surface area contributed by atoms with Crippen molar-refractivity contribution >= 4 is 18.3 Å². The maximum atomic E-state index is 4.59. The topological polar surface area (TPSA) is 9.72 Å². The van der Waals surface area contributed by atoms with Gasteiger partial charge in [0, 0.05) is 50.4 Å². The van der Waals surface area contributed by atoms with Crippen LogP contribution in [-0.2, 0) is 6.42 Å². The zero-order valence-corrected chi connectivity index (χ0v) is 14.6. The van der Waals surface area contributed by atoms with E-state index >= 15 is 0 Å². The average Bonchev–Trinajstić information content (AvgIpc) is 2.49. The lowest BCUT2D eigenvalue weighted by atomic mass is 10.1. The molecule has 21 heavy (non-hydrogen) atoms. The number of piperazine rings is 1. The first-order valence-electron chi connectivity index (χ1n) is 8.04. The molecule has 0 aromatic heterocycles. The predicted octanol–water partition coefficient (Wildman–Crippen LogP) is 2.61. The van der Waals surface area contributed by atoms with Crippen molar-refractivity contribution < 1.29 is 0 Å². The number of anilines is 1. The first-order chi connectivity index (χ1) is 10.1. The van der Waals surface area contributed by atoms with Gasteiger partial charge in [-0.3, -0.25) is 0 Å². The summed E-state index contributed by atoms with van der Waals surface area (Å²) in [5.41, 5.74) is 2.70. The normalized spacial score (nSPS) is 17.1. The minimum atomic E-state index is 1.04. The van der Waals surface area contributed by atoms with Crippen LogP contribution in [0.15, 0.2) is 23.1 Å². The van der Waals surface area contributed by atoms with E-state index in [1.807, 2.05) is 0 Å². The van der Waals surface area contributed by atoms with Crippen molar-refractivity contribution in [2.45, 2.75) is 24.7 Å². The smallest absolute Gasteiger partial charge is 0.0407 e. The lowest BCUT2D eigenvalue weighted by Gasteiger charge is -2.33. The van der Waals surface area contributed by atoms with Crippen molar-refractivity contribution in [2.75, 3.05) is 58.3 Å². The second-order valence-corrected chi connectivity index (χ2v) is 6.53. The Balaban J connectivity index is 1.82. The molecule has 2 rings (SSSR count). The van der Waals surface area contributed by atoms with Crippen LogP contribution in [0.2, 0.25) is 0 Å². The highest BCUT2D eigenvalue weighted by Gasteiger charge is 2.14. The van der Waals surface area contributed by atoms with Crippen LogP contribution in [0.3, 0.4) is 0 Å². The molecule has 1 heterocycles. The Kier molecular flexibility index (Phi) is 6.40. The molecule has 1 aliphatic rings. The first kappa shape index (κ1) is 16.7. The Morgan fingerprint density at radius 2 is 1.90 bits per heavy atom. The fourth-order valence-corrected chi connectivity index (χ4v) is 3.36. The average molecular weight is 308 g/mol. The molecular weight excluding hydrogens is 278 g/mol. The molecular formula is C17H29N3S. The van der Waals surface area contributed by atoms with E-state index < -0.39 is 0 Å². The second kappa shape index (κ2) is 8.06. The Labute approximate surface area is 135 Å². The van der Waals surface area contributed by atoms with Gasteiger partial charge in [-0.05, 0) is 44.1 Å². The third-order valence-electron chi connectivity index (χ3n) is 4.46. The van der Waals surface area contributed by atoms with Gasteiger partial charge in [0.2, 0.25) is 0 Å². The van der Waals surface area contributed by atoms with Gasteiger partial charge in [-0.25, -0.2) is 0 Å². The summed E-state index contributed by atoms with van der Waals surface area (Å²) in [4.78, 5) is 8.49. The molecule has 1 saturated heterocycles. The molecule has 0 amide bonds. The monoisotopic (exact) mass is 307 g/mol. The van der Waals surface area contributed by atoms with Crippen molar-refractivity contribution in [1.29, 1.82) is 0 Å². The molecule has 0 aliphatic carbocycles. The zero-order chi connectivity index (χ0) is 15.2. The van der Waals surface area contributed by atoms with Crippen molar-refractivity contribution in [1.82, 2.24) is 9.80 Å². The molecule has 4 heteroatoms. The molecule has 0 N–H and O–H groups in total. The minimum Gasteiger partial charge on any atom is -0.374 e. The van der Waals surface area contributed by atoms with Crippen LogP contribution in [0.5, 0.6) is 0 Å². The van der Waals surface area contributed by atoms with Gasteiger partial charge < -0.3 is 14.7 Å². The lowest BCUT2D eigenvalue weighted by Crippen LogP contribution is -2.45. The molecule has 3 nitrogen and oxygen atoms in total. The molecule has 118 valence electrons. The Morgan fingerprint density at radius 1 is 1.19 bits per heavy atom. The van der Waals surface area contributed by atoms with Gasteiger partial charge in [0.25, 0.3) is 0 Å². The number of thiol groups is 1. The van der Waals surface area contributed by atoms with Crippen LogP contribution in [0.4, 0.5) is 5.69 Å². The highest BCUT2D eigenvalue weighted by Crippen LogP contribution is 2.26. The Hall–Kier alpha value is -0.710. The van der Waals surface area contributed by atoms with Crippen LogP contribution in [0.1, 0.15) is 18.9 Å². The SMILES string of the molecule is CCc1c(S)cccc1N(C)CCCN1CCN(C)CC1.